The van der Waals surface area contributed by atoms with Crippen molar-refractivity contribution in [1.29, 1.82) is 0 Å². The highest BCUT2D eigenvalue weighted by atomic mass is 16.1. The SMILES string of the molecule is N[C@H]1CC[C@@H](NC(=O)c2ccccc2)CC1. The maximum absolute atomic E-state index is 11.9. The van der Waals surface area contributed by atoms with Crippen molar-refractivity contribution in [3.8, 4) is 0 Å². The Labute approximate surface area is 96.0 Å². The van der Waals surface area contributed by atoms with Gasteiger partial charge in [-0.2, -0.15) is 0 Å². The van der Waals surface area contributed by atoms with E-state index in [0.29, 0.717) is 12.1 Å². The van der Waals surface area contributed by atoms with Gasteiger partial charge in [-0.1, -0.05) is 18.2 Å². The molecule has 1 aromatic carbocycles. The number of amides is 1. The minimum Gasteiger partial charge on any atom is -0.349 e. The monoisotopic (exact) mass is 218 g/mol. The zero-order chi connectivity index (χ0) is 11.4. The molecule has 0 aromatic heterocycles. The van der Waals surface area contributed by atoms with Crippen molar-refractivity contribution in [2.75, 3.05) is 0 Å². The van der Waals surface area contributed by atoms with Crippen molar-refractivity contribution in [3.05, 3.63) is 35.9 Å². The minimum atomic E-state index is 0.0288. The van der Waals surface area contributed by atoms with Crippen molar-refractivity contribution in [2.24, 2.45) is 5.73 Å². The van der Waals surface area contributed by atoms with E-state index in [2.05, 4.69) is 5.32 Å². The number of carbonyl (C=O) groups excluding carboxylic acids is 1. The molecule has 1 aromatic rings. The summed E-state index contributed by atoms with van der Waals surface area (Å²) in [5.41, 5.74) is 6.56. The summed E-state index contributed by atoms with van der Waals surface area (Å²) < 4.78 is 0. The van der Waals surface area contributed by atoms with Crippen molar-refractivity contribution in [2.45, 2.75) is 37.8 Å². The third-order valence-corrected chi connectivity index (χ3v) is 3.14. The number of carbonyl (C=O) groups is 1. The van der Waals surface area contributed by atoms with Crippen LogP contribution in [0.15, 0.2) is 30.3 Å². The van der Waals surface area contributed by atoms with Crippen LogP contribution in [0.25, 0.3) is 0 Å². The van der Waals surface area contributed by atoms with Gasteiger partial charge in [0.15, 0.2) is 0 Å². The van der Waals surface area contributed by atoms with Gasteiger partial charge in [-0.15, -0.1) is 0 Å². The summed E-state index contributed by atoms with van der Waals surface area (Å²) in [4.78, 5) is 11.9. The van der Waals surface area contributed by atoms with E-state index in [0.717, 1.165) is 31.2 Å². The van der Waals surface area contributed by atoms with Crippen LogP contribution in [0.2, 0.25) is 0 Å². The molecule has 0 aliphatic heterocycles. The number of nitrogens with one attached hydrogen (secondary N) is 1. The maximum atomic E-state index is 11.9. The average Bonchev–Trinajstić information content (AvgIpc) is 2.33. The third-order valence-electron chi connectivity index (χ3n) is 3.14. The molecule has 0 atom stereocenters. The quantitative estimate of drug-likeness (QED) is 0.793. The number of nitrogens with two attached hydrogens (primary N) is 1. The molecule has 0 heterocycles. The molecular formula is C13H18N2O. The summed E-state index contributed by atoms with van der Waals surface area (Å²) in [6, 6.07) is 9.97. The summed E-state index contributed by atoms with van der Waals surface area (Å²) in [5, 5.41) is 3.06. The molecule has 1 aliphatic rings. The Morgan fingerprint density at radius 2 is 1.75 bits per heavy atom. The van der Waals surface area contributed by atoms with E-state index in [1.807, 2.05) is 30.3 Å². The molecule has 1 saturated carbocycles. The highest BCUT2D eigenvalue weighted by molar-refractivity contribution is 5.94. The van der Waals surface area contributed by atoms with Crippen LogP contribution in [-0.2, 0) is 0 Å². The second kappa shape index (κ2) is 5.12. The van der Waals surface area contributed by atoms with Crippen LogP contribution in [0, 0.1) is 0 Å². The van der Waals surface area contributed by atoms with Crippen LogP contribution < -0.4 is 11.1 Å². The normalized spacial score (nSPS) is 25.1. The number of hydrogen-bond donors (Lipinski definition) is 2. The van der Waals surface area contributed by atoms with Crippen LogP contribution >= 0.6 is 0 Å². The first-order valence-electron chi connectivity index (χ1n) is 5.87. The fraction of sp³-hybridized carbons (Fsp3) is 0.462. The summed E-state index contributed by atoms with van der Waals surface area (Å²) in [6.45, 7) is 0. The molecule has 86 valence electrons. The lowest BCUT2D eigenvalue weighted by Gasteiger charge is -2.26. The highest BCUT2D eigenvalue weighted by Crippen LogP contribution is 2.17. The van der Waals surface area contributed by atoms with Crippen molar-refractivity contribution in [3.63, 3.8) is 0 Å². The van der Waals surface area contributed by atoms with E-state index in [1.54, 1.807) is 0 Å². The molecule has 2 rings (SSSR count). The second-order valence-corrected chi connectivity index (χ2v) is 4.45. The Kier molecular flexibility index (Phi) is 3.57. The zero-order valence-corrected chi connectivity index (χ0v) is 9.36. The van der Waals surface area contributed by atoms with Gasteiger partial charge in [-0.3, -0.25) is 4.79 Å². The molecule has 0 unspecified atom stereocenters. The van der Waals surface area contributed by atoms with Gasteiger partial charge in [0.2, 0.25) is 0 Å². The van der Waals surface area contributed by atoms with Crippen molar-refractivity contribution < 1.29 is 4.79 Å². The lowest BCUT2D eigenvalue weighted by molar-refractivity contribution is 0.0926. The zero-order valence-electron chi connectivity index (χ0n) is 9.36. The molecule has 1 amide bonds. The van der Waals surface area contributed by atoms with Crippen LogP contribution in [0.5, 0.6) is 0 Å². The van der Waals surface area contributed by atoms with Crippen LogP contribution in [0.4, 0.5) is 0 Å². The Balaban J connectivity index is 1.88. The highest BCUT2D eigenvalue weighted by Gasteiger charge is 2.20. The maximum Gasteiger partial charge on any atom is 0.251 e. The Bertz CT molecular complexity index is 342. The molecular weight excluding hydrogens is 200 g/mol. The smallest absolute Gasteiger partial charge is 0.251 e. The summed E-state index contributed by atoms with van der Waals surface area (Å²) in [5.74, 6) is 0.0288. The van der Waals surface area contributed by atoms with E-state index >= 15 is 0 Å². The fourth-order valence-corrected chi connectivity index (χ4v) is 2.12. The van der Waals surface area contributed by atoms with Gasteiger partial charge in [0.1, 0.15) is 0 Å². The van der Waals surface area contributed by atoms with Crippen molar-refractivity contribution in [1.82, 2.24) is 5.32 Å². The summed E-state index contributed by atoms with van der Waals surface area (Å²) in [7, 11) is 0. The van der Waals surface area contributed by atoms with Crippen LogP contribution in [-0.4, -0.2) is 18.0 Å². The number of rotatable bonds is 2. The summed E-state index contributed by atoms with van der Waals surface area (Å²) in [6.07, 6.45) is 4.03. The number of hydrogen-bond acceptors (Lipinski definition) is 2. The molecule has 16 heavy (non-hydrogen) atoms. The Morgan fingerprint density at radius 1 is 1.12 bits per heavy atom. The van der Waals surface area contributed by atoms with E-state index in [1.165, 1.54) is 0 Å². The first-order chi connectivity index (χ1) is 7.75. The minimum absolute atomic E-state index is 0.0288. The molecule has 3 nitrogen and oxygen atoms in total. The molecule has 0 bridgehead atoms. The number of benzene rings is 1. The van der Waals surface area contributed by atoms with Gasteiger partial charge in [0.05, 0.1) is 0 Å². The Morgan fingerprint density at radius 3 is 2.38 bits per heavy atom. The molecule has 1 aliphatic carbocycles. The van der Waals surface area contributed by atoms with Crippen LogP contribution in [0.3, 0.4) is 0 Å². The van der Waals surface area contributed by atoms with Gasteiger partial charge in [-0.05, 0) is 37.8 Å². The average molecular weight is 218 g/mol. The van der Waals surface area contributed by atoms with Gasteiger partial charge >= 0.3 is 0 Å². The van der Waals surface area contributed by atoms with Gasteiger partial charge in [0.25, 0.3) is 5.91 Å². The van der Waals surface area contributed by atoms with E-state index < -0.39 is 0 Å². The second-order valence-electron chi connectivity index (χ2n) is 4.45. The first kappa shape index (κ1) is 11.1. The lowest BCUT2D eigenvalue weighted by Crippen LogP contribution is -2.40. The first-order valence-corrected chi connectivity index (χ1v) is 5.87. The van der Waals surface area contributed by atoms with E-state index in [9.17, 15) is 4.79 Å². The fourth-order valence-electron chi connectivity index (χ4n) is 2.12. The van der Waals surface area contributed by atoms with E-state index in [4.69, 9.17) is 5.73 Å². The molecule has 0 radical (unpaired) electrons. The van der Waals surface area contributed by atoms with E-state index in [-0.39, 0.29) is 5.91 Å². The Hall–Kier alpha value is -1.35. The van der Waals surface area contributed by atoms with Gasteiger partial charge in [-0.25, -0.2) is 0 Å². The molecule has 3 N–H and O–H groups in total. The lowest BCUT2D eigenvalue weighted by atomic mass is 9.91. The largest absolute Gasteiger partial charge is 0.349 e. The standard InChI is InChI=1S/C13H18N2O/c14-11-6-8-12(9-7-11)15-13(16)10-4-2-1-3-5-10/h1-5,11-12H,6-9,14H2,(H,15,16)/t11-,12+. The van der Waals surface area contributed by atoms with Crippen LogP contribution in [0.1, 0.15) is 36.0 Å². The summed E-state index contributed by atoms with van der Waals surface area (Å²) >= 11 is 0. The topological polar surface area (TPSA) is 55.1 Å². The van der Waals surface area contributed by atoms with Gasteiger partial charge < -0.3 is 11.1 Å². The molecule has 1 fully saturated rings. The molecule has 3 heteroatoms. The van der Waals surface area contributed by atoms with Crippen molar-refractivity contribution >= 4 is 5.91 Å². The predicted molar refractivity (Wildman–Crippen MR) is 64.1 cm³/mol. The molecule has 0 spiro atoms. The molecule has 0 saturated heterocycles. The third kappa shape index (κ3) is 2.83. The van der Waals surface area contributed by atoms with Gasteiger partial charge in [0, 0.05) is 17.6 Å². The predicted octanol–water partition coefficient (Wildman–Crippen LogP) is 1.69.